The van der Waals surface area contributed by atoms with Crippen LogP contribution >= 0.6 is 0 Å². The summed E-state index contributed by atoms with van der Waals surface area (Å²) in [6, 6.07) is 5.77. The van der Waals surface area contributed by atoms with Gasteiger partial charge in [0.05, 0.1) is 12.3 Å². The van der Waals surface area contributed by atoms with Gasteiger partial charge in [0.15, 0.2) is 0 Å². The molecule has 0 fully saturated rings. The van der Waals surface area contributed by atoms with Crippen molar-refractivity contribution in [2.45, 2.75) is 39.5 Å². The highest BCUT2D eigenvalue weighted by atomic mass is 19.4. The molecule has 1 aromatic carbocycles. The number of benzene rings is 1. The number of nitrogens with zero attached hydrogens (tertiary/aromatic N) is 3. The fraction of sp³-hybridized carbons (Fsp3) is 0.412. The van der Waals surface area contributed by atoms with Gasteiger partial charge in [-0.3, -0.25) is 4.79 Å². The van der Waals surface area contributed by atoms with E-state index in [1.54, 1.807) is 6.92 Å². The summed E-state index contributed by atoms with van der Waals surface area (Å²) < 4.78 is 41.7. The number of hydrogen-bond donors (Lipinski definition) is 1. The lowest BCUT2D eigenvalue weighted by Gasteiger charge is -2.16. The smallest absolute Gasteiger partial charge is 0.390 e. The molecule has 7 nitrogen and oxygen atoms in total. The van der Waals surface area contributed by atoms with Gasteiger partial charge in [0, 0.05) is 11.1 Å². The lowest BCUT2D eigenvalue weighted by Crippen LogP contribution is -2.29. The van der Waals surface area contributed by atoms with Crippen molar-refractivity contribution in [3.63, 3.8) is 0 Å². The quantitative estimate of drug-likeness (QED) is 0.627. The summed E-state index contributed by atoms with van der Waals surface area (Å²) in [6.45, 7) is 7.46. The number of halogens is 3. The Morgan fingerprint density at radius 3 is 2.37 bits per heavy atom. The van der Waals surface area contributed by atoms with Gasteiger partial charge in [-0.25, -0.2) is 0 Å². The molecule has 0 atom stereocenters. The topological polar surface area (TPSA) is 89.6 Å². The van der Waals surface area contributed by atoms with E-state index in [4.69, 9.17) is 4.84 Å². The number of hydrogen-bond acceptors (Lipinski definition) is 6. The molecule has 10 heteroatoms. The Bertz CT molecular complexity index is 821. The number of carbonyl (C=O) groups is 1. The summed E-state index contributed by atoms with van der Waals surface area (Å²) in [4.78, 5) is 20.7. The summed E-state index contributed by atoms with van der Waals surface area (Å²) in [5.41, 5.74) is 0.772. The zero-order valence-electron chi connectivity index (χ0n) is 15.2. The molecule has 0 aliphatic heterocycles. The first kappa shape index (κ1) is 20.4. The molecule has 0 aliphatic carbocycles. The van der Waals surface area contributed by atoms with E-state index < -0.39 is 17.7 Å². The zero-order valence-corrected chi connectivity index (χ0v) is 15.2. The van der Waals surface area contributed by atoms with E-state index in [1.165, 1.54) is 24.3 Å². The molecule has 146 valence electrons. The predicted molar refractivity (Wildman–Crippen MR) is 91.0 cm³/mol. The molecule has 2 rings (SSSR count). The van der Waals surface area contributed by atoms with Gasteiger partial charge in [0.25, 0.3) is 5.91 Å². The van der Waals surface area contributed by atoms with Crippen LogP contribution in [0.15, 0.2) is 33.9 Å². The van der Waals surface area contributed by atoms with Crippen molar-refractivity contribution >= 4 is 11.6 Å². The minimum Gasteiger partial charge on any atom is -0.390 e. The minimum atomic E-state index is -4.71. The maximum atomic E-state index is 12.5. The van der Waals surface area contributed by atoms with Crippen molar-refractivity contribution in [1.82, 2.24) is 15.5 Å². The van der Waals surface area contributed by atoms with Crippen LogP contribution in [0.5, 0.6) is 0 Å². The first-order chi connectivity index (χ1) is 12.5. The summed E-state index contributed by atoms with van der Waals surface area (Å²) in [7, 11) is 0. The van der Waals surface area contributed by atoms with Gasteiger partial charge in [-0.15, -0.1) is 0 Å². The normalized spacial score (nSPS) is 12.8. The van der Waals surface area contributed by atoms with Crippen LogP contribution in [0.1, 0.15) is 43.9 Å². The van der Waals surface area contributed by atoms with Gasteiger partial charge in [-0.2, -0.15) is 18.2 Å². The zero-order chi connectivity index (χ0) is 20.2. The molecule has 1 heterocycles. The van der Waals surface area contributed by atoms with Crippen LogP contribution in [-0.2, 0) is 11.0 Å². The van der Waals surface area contributed by atoms with Gasteiger partial charge in [0.2, 0.25) is 5.82 Å². The van der Waals surface area contributed by atoms with E-state index in [2.05, 4.69) is 25.1 Å². The molecular formula is C17H19F3N4O3. The number of rotatable bonds is 5. The van der Waals surface area contributed by atoms with Crippen LogP contribution in [0.25, 0.3) is 11.4 Å². The maximum absolute atomic E-state index is 12.5. The number of alkyl halides is 3. The van der Waals surface area contributed by atoms with Gasteiger partial charge < -0.3 is 14.7 Å². The summed E-state index contributed by atoms with van der Waals surface area (Å²) in [6.07, 6.45) is -4.71. The third-order valence-corrected chi connectivity index (χ3v) is 3.05. The molecule has 0 saturated heterocycles. The molecule has 2 aromatic rings. The fourth-order valence-corrected chi connectivity index (χ4v) is 1.78. The molecule has 0 aliphatic rings. The molecular weight excluding hydrogens is 365 g/mol. The average molecular weight is 384 g/mol. The Morgan fingerprint density at radius 1 is 1.22 bits per heavy atom. The maximum Gasteiger partial charge on any atom is 0.471 e. The van der Waals surface area contributed by atoms with E-state index in [0.717, 1.165) is 0 Å². The van der Waals surface area contributed by atoms with Crippen LogP contribution in [0.4, 0.5) is 13.2 Å². The Balaban J connectivity index is 1.98. The molecule has 27 heavy (non-hydrogen) atoms. The van der Waals surface area contributed by atoms with E-state index >= 15 is 0 Å². The first-order valence-electron chi connectivity index (χ1n) is 7.97. The van der Waals surface area contributed by atoms with Crippen LogP contribution in [-0.4, -0.2) is 33.9 Å². The van der Waals surface area contributed by atoms with E-state index in [0.29, 0.717) is 16.8 Å². The highest BCUT2D eigenvalue weighted by Gasteiger charge is 2.38. The Kier molecular flexibility index (Phi) is 5.87. The molecule has 1 aromatic heterocycles. The molecule has 0 bridgehead atoms. The monoisotopic (exact) mass is 384 g/mol. The van der Waals surface area contributed by atoms with Crippen LogP contribution in [0.2, 0.25) is 0 Å². The minimum absolute atomic E-state index is 0.191. The summed E-state index contributed by atoms with van der Waals surface area (Å²) >= 11 is 0. The SMILES string of the molecule is CC(CNC(=O)c1ccc(-c2noc(C(F)(F)F)n2)cc1)=NOC(C)(C)C. The lowest BCUT2D eigenvalue weighted by molar-refractivity contribution is -0.159. The van der Waals surface area contributed by atoms with Gasteiger partial charge in [-0.1, -0.05) is 22.4 Å². The molecule has 1 amide bonds. The van der Waals surface area contributed by atoms with Crippen LogP contribution in [0, 0.1) is 0 Å². The second-order valence-corrected chi connectivity index (χ2v) is 6.71. The Hall–Kier alpha value is -2.91. The number of carbonyl (C=O) groups excluding carboxylic acids is 1. The third-order valence-electron chi connectivity index (χ3n) is 3.05. The third kappa shape index (κ3) is 6.08. The number of amides is 1. The largest absolute Gasteiger partial charge is 0.471 e. The Morgan fingerprint density at radius 2 is 1.85 bits per heavy atom. The van der Waals surface area contributed by atoms with E-state index in [9.17, 15) is 18.0 Å². The predicted octanol–water partition coefficient (Wildman–Crippen LogP) is 3.68. The molecule has 1 N–H and O–H groups in total. The number of nitrogens with one attached hydrogen (secondary N) is 1. The molecule has 0 saturated carbocycles. The van der Waals surface area contributed by atoms with Crippen molar-refractivity contribution in [1.29, 1.82) is 0 Å². The molecule has 0 spiro atoms. The summed E-state index contributed by atoms with van der Waals surface area (Å²) in [5.74, 6) is -2.00. The lowest BCUT2D eigenvalue weighted by atomic mass is 10.1. The summed E-state index contributed by atoms with van der Waals surface area (Å²) in [5, 5.41) is 9.88. The average Bonchev–Trinajstić information content (AvgIpc) is 3.08. The Labute approximate surface area is 153 Å². The number of aromatic nitrogens is 2. The van der Waals surface area contributed by atoms with Gasteiger partial charge in [0.1, 0.15) is 5.60 Å². The van der Waals surface area contributed by atoms with Crippen molar-refractivity contribution in [2.75, 3.05) is 6.54 Å². The van der Waals surface area contributed by atoms with Crippen molar-refractivity contribution in [3.8, 4) is 11.4 Å². The second-order valence-electron chi connectivity index (χ2n) is 6.71. The van der Waals surface area contributed by atoms with Crippen molar-refractivity contribution in [2.24, 2.45) is 5.16 Å². The molecule has 0 unspecified atom stereocenters. The van der Waals surface area contributed by atoms with Crippen molar-refractivity contribution in [3.05, 3.63) is 35.7 Å². The highest BCUT2D eigenvalue weighted by molar-refractivity contribution is 5.97. The van der Waals surface area contributed by atoms with E-state index in [-0.39, 0.29) is 18.3 Å². The van der Waals surface area contributed by atoms with E-state index in [1.807, 2.05) is 20.8 Å². The highest BCUT2D eigenvalue weighted by Crippen LogP contribution is 2.29. The standard InChI is InChI=1S/C17H19F3N4O3/c1-10(23-27-16(2,3)4)9-21-14(25)12-7-5-11(6-8-12)13-22-15(26-24-13)17(18,19)20/h5-8H,9H2,1-4H3,(H,21,25). The van der Waals surface area contributed by atoms with Gasteiger partial charge in [-0.05, 0) is 39.8 Å². The van der Waals surface area contributed by atoms with Gasteiger partial charge >= 0.3 is 12.1 Å². The molecule has 0 radical (unpaired) electrons. The second kappa shape index (κ2) is 7.77. The number of oxime groups is 1. The fourth-order valence-electron chi connectivity index (χ4n) is 1.78. The van der Waals surface area contributed by atoms with Crippen LogP contribution in [0.3, 0.4) is 0 Å². The van der Waals surface area contributed by atoms with Crippen molar-refractivity contribution < 1.29 is 27.3 Å². The first-order valence-corrected chi connectivity index (χ1v) is 7.97. The van der Waals surface area contributed by atoms with Crippen LogP contribution < -0.4 is 5.32 Å².